The minimum atomic E-state index is -0.895. The summed E-state index contributed by atoms with van der Waals surface area (Å²) in [6.07, 6.45) is 1.34. The summed E-state index contributed by atoms with van der Waals surface area (Å²) >= 11 is 0. The number of hydrogen-bond acceptors (Lipinski definition) is 7. The molecule has 1 saturated heterocycles. The predicted octanol–water partition coefficient (Wildman–Crippen LogP) is -0.863. The number of nitrogens with zero attached hydrogens (tertiary/aromatic N) is 2. The van der Waals surface area contributed by atoms with Crippen molar-refractivity contribution in [3.05, 3.63) is 29.8 Å². The Kier molecular flexibility index (Phi) is 8.89. The van der Waals surface area contributed by atoms with Gasteiger partial charge in [-0.1, -0.05) is 12.1 Å². The van der Waals surface area contributed by atoms with Crippen molar-refractivity contribution in [2.24, 2.45) is 5.10 Å². The van der Waals surface area contributed by atoms with Gasteiger partial charge in [-0.3, -0.25) is 14.4 Å². The highest BCUT2D eigenvalue weighted by atomic mass is 16.5. The molecule has 3 amide bonds. The number of methoxy groups -OCH3 is 1. The van der Waals surface area contributed by atoms with Gasteiger partial charge < -0.3 is 24.4 Å². The Bertz CT molecular complexity index is 703. The molecule has 152 valence electrons. The largest absolute Gasteiger partial charge is 0.483 e. The van der Waals surface area contributed by atoms with Crippen molar-refractivity contribution < 1.29 is 28.6 Å². The first-order valence-electron chi connectivity index (χ1n) is 8.79. The van der Waals surface area contributed by atoms with Gasteiger partial charge in [0.05, 0.1) is 26.0 Å². The quantitative estimate of drug-likeness (QED) is 0.257. The van der Waals surface area contributed by atoms with Gasteiger partial charge >= 0.3 is 11.8 Å². The fourth-order valence-electron chi connectivity index (χ4n) is 2.32. The standard InChI is InChI=1S/C18H24N4O6/c1-26-9-6-19-17(24)18(25)21-20-12-14-4-2-3-5-15(14)28-13-16(23)22-7-10-27-11-8-22/h2-5,12H,6-11,13H2,1H3,(H,19,24)(H,21,25)/b20-12-. The fraction of sp³-hybridized carbons (Fsp3) is 0.444. The van der Waals surface area contributed by atoms with Crippen LogP contribution in [0.1, 0.15) is 5.56 Å². The number of hydrazone groups is 1. The van der Waals surface area contributed by atoms with Crippen molar-refractivity contribution in [1.82, 2.24) is 15.6 Å². The summed E-state index contributed by atoms with van der Waals surface area (Å²) in [5, 5.41) is 6.14. The molecule has 1 aromatic rings. The highest BCUT2D eigenvalue weighted by Gasteiger charge is 2.17. The van der Waals surface area contributed by atoms with E-state index in [0.717, 1.165) is 0 Å². The van der Waals surface area contributed by atoms with E-state index in [-0.39, 0.29) is 19.1 Å². The first-order valence-corrected chi connectivity index (χ1v) is 8.79. The Balaban J connectivity index is 1.85. The summed E-state index contributed by atoms with van der Waals surface area (Å²) < 4.78 is 15.6. The summed E-state index contributed by atoms with van der Waals surface area (Å²) in [5.41, 5.74) is 2.69. The van der Waals surface area contributed by atoms with Crippen LogP contribution in [-0.2, 0) is 23.9 Å². The fourth-order valence-corrected chi connectivity index (χ4v) is 2.32. The second-order valence-electron chi connectivity index (χ2n) is 5.77. The number of benzene rings is 1. The first kappa shape index (κ1) is 21.3. The first-order chi connectivity index (χ1) is 13.6. The van der Waals surface area contributed by atoms with Crippen LogP contribution in [0.2, 0.25) is 0 Å². The zero-order valence-corrected chi connectivity index (χ0v) is 15.7. The number of para-hydroxylation sites is 1. The smallest absolute Gasteiger partial charge is 0.329 e. The third-order valence-corrected chi connectivity index (χ3v) is 3.80. The molecule has 1 aliphatic rings. The maximum absolute atomic E-state index is 12.2. The molecular weight excluding hydrogens is 368 g/mol. The molecule has 0 aromatic heterocycles. The van der Waals surface area contributed by atoms with Crippen molar-refractivity contribution in [3.63, 3.8) is 0 Å². The highest BCUT2D eigenvalue weighted by molar-refractivity contribution is 6.35. The van der Waals surface area contributed by atoms with Crippen LogP contribution in [0, 0.1) is 0 Å². The van der Waals surface area contributed by atoms with Gasteiger partial charge in [-0.2, -0.15) is 5.10 Å². The van der Waals surface area contributed by atoms with Gasteiger partial charge in [0, 0.05) is 32.3 Å². The van der Waals surface area contributed by atoms with Gasteiger partial charge in [-0.25, -0.2) is 5.43 Å². The molecule has 1 heterocycles. The molecule has 0 saturated carbocycles. The summed E-state index contributed by atoms with van der Waals surface area (Å²) in [7, 11) is 1.49. The number of amides is 3. The maximum atomic E-state index is 12.2. The zero-order valence-electron chi connectivity index (χ0n) is 15.7. The Hall–Kier alpha value is -2.98. The molecule has 2 rings (SSSR count). The van der Waals surface area contributed by atoms with Gasteiger partial charge in [0.2, 0.25) is 0 Å². The number of carbonyl (C=O) groups is 3. The zero-order chi connectivity index (χ0) is 20.2. The van der Waals surface area contributed by atoms with Crippen LogP contribution in [0.15, 0.2) is 29.4 Å². The molecule has 1 aliphatic heterocycles. The molecule has 0 spiro atoms. The monoisotopic (exact) mass is 392 g/mol. The van der Waals surface area contributed by atoms with E-state index in [4.69, 9.17) is 14.2 Å². The van der Waals surface area contributed by atoms with Gasteiger partial charge in [-0.15, -0.1) is 0 Å². The molecule has 1 aromatic carbocycles. The Morgan fingerprint density at radius 3 is 2.71 bits per heavy atom. The molecule has 0 aliphatic carbocycles. The maximum Gasteiger partial charge on any atom is 0.329 e. The number of nitrogens with one attached hydrogen (secondary N) is 2. The van der Waals surface area contributed by atoms with E-state index in [1.54, 1.807) is 29.2 Å². The summed E-state index contributed by atoms with van der Waals surface area (Å²) in [4.78, 5) is 37.0. The van der Waals surface area contributed by atoms with Crippen molar-refractivity contribution in [1.29, 1.82) is 0 Å². The molecule has 0 radical (unpaired) electrons. The van der Waals surface area contributed by atoms with E-state index in [1.165, 1.54) is 13.3 Å². The Morgan fingerprint density at radius 1 is 1.21 bits per heavy atom. The number of hydrogen-bond donors (Lipinski definition) is 2. The van der Waals surface area contributed by atoms with Crippen LogP contribution >= 0.6 is 0 Å². The molecule has 0 atom stereocenters. The average Bonchev–Trinajstić information content (AvgIpc) is 2.73. The molecule has 0 unspecified atom stereocenters. The van der Waals surface area contributed by atoms with Gasteiger partial charge in [0.1, 0.15) is 5.75 Å². The number of rotatable bonds is 8. The van der Waals surface area contributed by atoms with Crippen LogP contribution in [0.4, 0.5) is 0 Å². The normalized spacial score (nSPS) is 14.0. The lowest BCUT2D eigenvalue weighted by Crippen LogP contribution is -2.43. The lowest BCUT2D eigenvalue weighted by molar-refractivity contribution is -0.139. The second-order valence-corrected chi connectivity index (χ2v) is 5.77. The third kappa shape index (κ3) is 6.97. The van der Waals surface area contributed by atoms with Crippen molar-refractivity contribution in [2.75, 3.05) is 53.2 Å². The summed E-state index contributed by atoms with van der Waals surface area (Å²) in [6, 6.07) is 6.92. The topological polar surface area (TPSA) is 119 Å². The van der Waals surface area contributed by atoms with Gasteiger partial charge in [0.15, 0.2) is 6.61 Å². The van der Waals surface area contributed by atoms with E-state index < -0.39 is 11.8 Å². The molecule has 2 N–H and O–H groups in total. The van der Waals surface area contributed by atoms with E-state index in [2.05, 4.69) is 15.8 Å². The van der Waals surface area contributed by atoms with Crippen LogP contribution in [0.25, 0.3) is 0 Å². The molecule has 10 nitrogen and oxygen atoms in total. The number of morpholine rings is 1. The van der Waals surface area contributed by atoms with E-state index in [9.17, 15) is 14.4 Å². The third-order valence-electron chi connectivity index (χ3n) is 3.80. The Morgan fingerprint density at radius 2 is 1.96 bits per heavy atom. The minimum absolute atomic E-state index is 0.112. The minimum Gasteiger partial charge on any atom is -0.483 e. The van der Waals surface area contributed by atoms with E-state index in [0.29, 0.717) is 44.2 Å². The highest BCUT2D eigenvalue weighted by Crippen LogP contribution is 2.16. The lowest BCUT2D eigenvalue weighted by atomic mass is 10.2. The number of carbonyl (C=O) groups excluding carboxylic acids is 3. The van der Waals surface area contributed by atoms with Crippen molar-refractivity contribution in [2.45, 2.75) is 0 Å². The van der Waals surface area contributed by atoms with Crippen LogP contribution in [-0.4, -0.2) is 82.0 Å². The van der Waals surface area contributed by atoms with Crippen LogP contribution in [0.5, 0.6) is 5.75 Å². The summed E-state index contributed by atoms with van der Waals surface area (Å²) in [6.45, 7) is 2.55. The van der Waals surface area contributed by atoms with Gasteiger partial charge in [0.25, 0.3) is 5.91 Å². The molecule has 0 bridgehead atoms. The number of ether oxygens (including phenoxy) is 3. The molecule has 10 heteroatoms. The molecular formula is C18H24N4O6. The SMILES string of the molecule is COCCNC(=O)C(=O)N/N=C\c1ccccc1OCC(=O)N1CCOCC1. The Labute approximate surface area is 162 Å². The summed E-state index contributed by atoms with van der Waals surface area (Å²) in [5.74, 6) is -1.40. The van der Waals surface area contributed by atoms with Crippen LogP contribution in [0.3, 0.4) is 0 Å². The van der Waals surface area contributed by atoms with Gasteiger partial charge in [-0.05, 0) is 12.1 Å². The van der Waals surface area contributed by atoms with Crippen molar-refractivity contribution >= 4 is 23.9 Å². The average molecular weight is 392 g/mol. The van der Waals surface area contributed by atoms with Crippen LogP contribution < -0.4 is 15.5 Å². The van der Waals surface area contributed by atoms with E-state index in [1.807, 2.05) is 0 Å². The van der Waals surface area contributed by atoms with Crippen molar-refractivity contribution in [3.8, 4) is 5.75 Å². The second kappa shape index (κ2) is 11.7. The molecule has 28 heavy (non-hydrogen) atoms. The lowest BCUT2D eigenvalue weighted by Gasteiger charge is -2.26. The van der Waals surface area contributed by atoms with E-state index >= 15 is 0 Å². The predicted molar refractivity (Wildman–Crippen MR) is 100.0 cm³/mol. The molecule has 1 fully saturated rings.